The smallest absolute Gasteiger partial charge is 0.265 e. The summed E-state index contributed by atoms with van der Waals surface area (Å²) in [5.74, 6) is -0.190. The molecule has 1 aliphatic rings. The first kappa shape index (κ1) is 15.3. The molecule has 6 heteroatoms. The molecule has 2 N–H and O–H groups in total. The number of nitrogens with one attached hydrogen (secondary N) is 1. The molecule has 0 aliphatic heterocycles. The Labute approximate surface area is 120 Å². The van der Waals surface area contributed by atoms with Crippen LogP contribution in [-0.4, -0.2) is 35.8 Å². The minimum absolute atomic E-state index is 0.161. The van der Waals surface area contributed by atoms with Gasteiger partial charge in [0.05, 0.1) is 5.75 Å². The van der Waals surface area contributed by atoms with E-state index in [-0.39, 0.29) is 11.7 Å². The third kappa shape index (κ3) is 4.18. The monoisotopic (exact) mass is 301 g/mol. The summed E-state index contributed by atoms with van der Waals surface area (Å²) in [7, 11) is 0. The Morgan fingerprint density at radius 3 is 2.85 bits per heavy atom. The first-order chi connectivity index (χ1) is 9.56. The summed E-state index contributed by atoms with van der Waals surface area (Å²) in [6.45, 7) is -0.415. The molecule has 2 rings (SSSR count). The van der Waals surface area contributed by atoms with Gasteiger partial charge in [0.1, 0.15) is 6.10 Å². The van der Waals surface area contributed by atoms with Crippen molar-refractivity contribution in [2.45, 2.75) is 36.7 Å². The lowest BCUT2D eigenvalue weighted by molar-refractivity contribution is -0.119. The Morgan fingerprint density at radius 2 is 2.10 bits per heavy atom. The zero-order valence-electron chi connectivity index (χ0n) is 10.9. The largest absolute Gasteiger partial charge is 0.385 e. The fraction of sp³-hybridized carbons (Fsp3) is 0.500. The van der Waals surface area contributed by atoms with Crippen molar-refractivity contribution in [3.63, 3.8) is 0 Å². The van der Waals surface area contributed by atoms with Gasteiger partial charge in [-0.3, -0.25) is 4.79 Å². The van der Waals surface area contributed by atoms with Crippen LogP contribution in [0, 0.1) is 0 Å². The molecule has 0 saturated carbocycles. The average molecular weight is 301 g/mol. The standard InChI is InChI=1S/C14H17F2NO2S/c15-14(16)12(18)7-17-13(19)8-20-11-5-4-9-2-1-3-10(9)6-11/h4-6,12,14,18H,1-3,7-8H2,(H,17,19). The number of aryl methyl sites for hydroxylation is 2. The second-order valence-corrected chi connectivity index (χ2v) is 5.83. The summed E-state index contributed by atoms with van der Waals surface area (Å²) in [5.41, 5.74) is 2.71. The third-order valence-corrected chi connectivity index (χ3v) is 4.23. The summed E-state index contributed by atoms with van der Waals surface area (Å²) >= 11 is 1.37. The number of aliphatic hydroxyl groups is 1. The number of hydrogen-bond acceptors (Lipinski definition) is 3. The number of carbonyl (C=O) groups excluding carboxylic acids is 1. The van der Waals surface area contributed by atoms with Crippen LogP contribution in [0.4, 0.5) is 8.78 Å². The first-order valence-electron chi connectivity index (χ1n) is 6.54. The number of aliphatic hydroxyl groups excluding tert-OH is 1. The van der Waals surface area contributed by atoms with Crippen molar-refractivity contribution in [3.05, 3.63) is 29.3 Å². The van der Waals surface area contributed by atoms with E-state index in [4.69, 9.17) is 5.11 Å². The van der Waals surface area contributed by atoms with Gasteiger partial charge in [0.2, 0.25) is 5.91 Å². The Kier molecular flexibility index (Phi) is 5.37. The van der Waals surface area contributed by atoms with Gasteiger partial charge in [-0.05, 0) is 42.5 Å². The Balaban J connectivity index is 1.76. The molecule has 0 spiro atoms. The molecule has 110 valence electrons. The molecular formula is C14H17F2NO2S. The van der Waals surface area contributed by atoms with Crippen LogP contribution in [0.25, 0.3) is 0 Å². The van der Waals surface area contributed by atoms with Crippen molar-refractivity contribution in [2.24, 2.45) is 0 Å². The van der Waals surface area contributed by atoms with E-state index in [1.807, 2.05) is 6.07 Å². The van der Waals surface area contributed by atoms with Crippen LogP contribution in [0.15, 0.2) is 23.1 Å². The molecule has 1 amide bonds. The molecule has 0 fully saturated rings. The van der Waals surface area contributed by atoms with Crippen molar-refractivity contribution in [3.8, 4) is 0 Å². The summed E-state index contributed by atoms with van der Waals surface area (Å²) in [4.78, 5) is 12.5. The summed E-state index contributed by atoms with van der Waals surface area (Å²) in [6, 6.07) is 6.16. The third-order valence-electron chi connectivity index (χ3n) is 3.24. The highest BCUT2D eigenvalue weighted by Gasteiger charge is 2.17. The number of hydrogen-bond donors (Lipinski definition) is 2. The van der Waals surface area contributed by atoms with Gasteiger partial charge >= 0.3 is 0 Å². The van der Waals surface area contributed by atoms with Gasteiger partial charge in [0.15, 0.2) is 0 Å². The summed E-state index contributed by atoms with van der Waals surface area (Å²) < 4.78 is 24.1. The highest BCUT2D eigenvalue weighted by Crippen LogP contribution is 2.27. The van der Waals surface area contributed by atoms with Gasteiger partial charge in [0.25, 0.3) is 6.43 Å². The van der Waals surface area contributed by atoms with Crippen LogP contribution < -0.4 is 5.32 Å². The number of benzene rings is 1. The SMILES string of the molecule is O=C(CSc1ccc2c(c1)CCC2)NCC(O)C(F)F. The lowest BCUT2D eigenvalue weighted by atomic mass is 10.1. The van der Waals surface area contributed by atoms with Crippen molar-refractivity contribution < 1.29 is 18.7 Å². The van der Waals surface area contributed by atoms with E-state index < -0.39 is 19.1 Å². The van der Waals surface area contributed by atoms with E-state index in [1.54, 1.807) is 0 Å². The van der Waals surface area contributed by atoms with E-state index in [0.717, 1.165) is 17.7 Å². The molecule has 0 heterocycles. The molecule has 0 bridgehead atoms. The van der Waals surface area contributed by atoms with E-state index in [1.165, 1.54) is 29.3 Å². The zero-order chi connectivity index (χ0) is 14.5. The van der Waals surface area contributed by atoms with E-state index in [9.17, 15) is 13.6 Å². The summed E-state index contributed by atoms with van der Waals surface area (Å²) in [6.07, 6.45) is -1.26. The van der Waals surface area contributed by atoms with Crippen LogP contribution >= 0.6 is 11.8 Å². The number of amides is 1. The number of thioether (sulfide) groups is 1. The maximum absolute atomic E-state index is 12.1. The van der Waals surface area contributed by atoms with Gasteiger partial charge in [-0.2, -0.15) is 0 Å². The van der Waals surface area contributed by atoms with Crippen LogP contribution in [0.2, 0.25) is 0 Å². The topological polar surface area (TPSA) is 49.3 Å². The predicted octanol–water partition coefficient (Wildman–Crippen LogP) is 2.01. The minimum Gasteiger partial charge on any atom is -0.385 e. The lowest BCUT2D eigenvalue weighted by Crippen LogP contribution is -2.36. The zero-order valence-corrected chi connectivity index (χ0v) is 11.8. The van der Waals surface area contributed by atoms with Crippen molar-refractivity contribution >= 4 is 17.7 Å². The predicted molar refractivity (Wildman–Crippen MR) is 74.2 cm³/mol. The molecule has 1 unspecified atom stereocenters. The van der Waals surface area contributed by atoms with Crippen LogP contribution in [0.1, 0.15) is 17.5 Å². The molecule has 0 radical (unpaired) electrons. The maximum Gasteiger partial charge on any atom is 0.265 e. The van der Waals surface area contributed by atoms with E-state index in [0.29, 0.717) is 0 Å². The second-order valence-electron chi connectivity index (χ2n) is 4.78. The molecule has 0 saturated heterocycles. The number of halogens is 2. The average Bonchev–Trinajstić information content (AvgIpc) is 2.89. The van der Waals surface area contributed by atoms with Gasteiger partial charge in [-0.1, -0.05) is 6.07 Å². The van der Waals surface area contributed by atoms with Gasteiger partial charge in [-0.15, -0.1) is 11.8 Å². The molecule has 1 atom stereocenters. The van der Waals surface area contributed by atoms with E-state index in [2.05, 4.69) is 17.4 Å². The number of alkyl halides is 2. The van der Waals surface area contributed by atoms with Crippen LogP contribution in [0.3, 0.4) is 0 Å². The highest BCUT2D eigenvalue weighted by molar-refractivity contribution is 8.00. The fourth-order valence-electron chi connectivity index (χ4n) is 2.15. The Morgan fingerprint density at radius 1 is 1.35 bits per heavy atom. The minimum atomic E-state index is -2.83. The van der Waals surface area contributed by atoms with Gasteiger partial charge < -0.3 is 10.4 Å². The number of fused-ring (bicyclic) bond motifs is 1. The first-order valence-corrected chi connectivity index (χ1v) is 7.52. The highest BCUT2D eigenvalue weighted by atomic mass is 32.2. The van der Waals surface area contributed by atoms with Gasteiger partial charge in [0, 0.05) is 11.4 Å². The van der Waals surface area contributed by atoms with E-state index >= 15 is 0 Å². The second kappa shape index (κ2) is 7.04. The van der Waals surface area contributed by atoms with Crippen molar-refractivity contribution in [1.82, 2.24) is 5.32 Å². The fourth-order valence-corrected chi connectivity index (χ4v) is 2.94. The molecular weight excluding hydrogens is 284 g/mol. The number of carbonyl (C=O) groups is 1. The Hall–Kier alpha value is -1.14. The summed E-state index contributed by atoms with van der Waals surface area (Å²) in [5, 5.41) is 11.2. The molecule has 20 heavy (non-hydrogen) atoms. The lowest BCUT2D eigenvalue weighted by Gasteiger charge is -2.10. The quantitative estimate of drug-likeness (QED) is 0.790. The van der Waals surface area contributed by atoms with Crippen LogP contribution in [0.5, 0.6) is 0 Å². The molecule has 0 aromatic heterocycles. The van der Waals surface area contributed by atoms with Gasteiger partial charge in [-0.25, -0.2) is 8.78 Å². The molecule has 3 nitrogen and oxygen atoms in total. The Bertz CT molecular complexity index is 482. The van der Waals surface area contributed by atoms with Crippen LogP contribution in [-0.2, 0) is 17.6 Å². The normalized spacial score (nSPS) is 15.2. The molecule has 1 aliphatic carbocycles. The number of rotatable bonds is 6. The van der Waals surface area contributed by atoms with Crippen molar-refractivity contribution in [1.29, 1.82) is 0 Å². The molecule has 1 aromatic rings. The maximum atomic E-state index is 12.1. The molecule has 1 aromatic carbocycles. The van der Waals surface area contributed by atoms with Crippen molar-refractivity contribution in [2.75, 3.05) is 12.3 Å².